The lowest BCUT2D eigenvalue weighted by atomic mass is 10.1. The molecule has 1 amide bonds. The van der Waals surface area contributed by atoms with E-state index in [1.807, 2.05) is 50.2 Å². The second-order valence-corrected chi connectivity index (χ2v) is 6.70. The first-order chi connectivity index (χ1) is 12.0. The molecule has 0 unspecified atom stereocenters. The Morgan fingerprint density at radius 3 is 2.64 bits per heavy atom. The number of carbonyl (C=O) groups is 1. The number of anilines is 1. The standard InChI is InChI=1S/C19H16BrClN2O2/c1-3-25-18-16(20)10-13(11-17(18)21)9-15-12(2)22-23(19(15)24)14-7-5-4-6-8-14/h4-11H,3H2,1-2H3/b15-9+. The molecule has 1 aliphatic heterocycles. The highest BCUT2D eigenvalue weighted by molar-refractivity contribution is 9.10. The third-order valence-electron chi connectivity index (χ3n) is 3.68. The number of benzene rings is 2. The number of hydrazone groups is 1. The summed E-state index contributed by atoms with van der Waals surface area (Å²) in [7, 11) is 0. The molecule has 0 atom stereocenters. The minimum Gasteiger partial charge on any atom is -0.491 e. The fraction of sp³-hybridized carbons (Fsp3) is 0.158. The summed E-state index contributed by atoms with van der Waals surface area (Å²) in [5.74, 6) is 0.435. The van der Waals surface area contributed by atoms with Crippen LogP contribution in [-0.4, -0.2) is 18.2 Å². The van der Waals surface area contributed by atoms with E-state index in [-0.39, 0.29) is 5.91 Å². The van der Waals surface area contributed by atoms with Crippen molar-refractivity contribution in [3.8, 4) is 5.75 Å². The maximum absolute atomic E-state index is 12.7. The molecule has 0 N–H and O–H groups in total. The van der Waals surface area contributed by atoms with Crippen molar-refractivity contribution < 1.29 is 9.53 Å². The van der Waals surface area contributed by atoms with Gasteiger partial charge in [0, 0.05) is 0 Å². The summed E-state index contributed by atoms with van der Waals surface area (Å²) in [6, 6.07) is 13.0. The molecule has 0 bridgehead atoms. The van der Waals surface area contributed by atoms with Gasteiger partial charge in [-0.15, -0.1) is 0 Å². The van der Waals surface area contributed by atoms with Gasteiger partial charge < -0.3 is 4.74 Å². The van der Waals surface area contributed by atoms with Gasteiger partial charge in [0.15, 0.2) is 5.75 Å². The Morgan fingerprint density at radius 1 is 1.28 bits per heavy atom. The minimum absolute atomic E-state index is 0.162. The quantitative estimate of drug-likeness (QED) is 0.630. The zero-order valence-corrected chi connectivity index (χ0v) is 16.1. The van der Waals surface area contributed by atoms with Crippen molar-refractivity contribution in [3.63, 3.8) is 0 Å². The fourth-order valence-corrected chi connectivity index (χ4v) is 3.53. The molecule has 3 rings (SSSR count). The van der Waals surface area contributed by atoms with Crippen LogP contribution in [0.2, 0.25) is 5.02 Å². The van der Waals surface area contributed by atoms with E-state index in [0.29, 0.717) is 28.7 Å². The Morgan fingerprint density at radius 2 is 2.00 bits per heavy atom. The molecule has 25 heavy (non-hydrogen) atoms. The molecular weight excluding hydrogens is 404 g/mol. The molecule has 1 aliphatic rings. The molecule has 4 nitrogen and oxygen atoms in total. The van der Waals surface area contributed by atoms with Crippen molar-refractivity contribution in [2.24, 2.45) is 5.10 Å². The fourth-order valence-electron chi connectivity index (χ4n) is 2.54. The zero-order chi connectivity index (χ0) is 18.0. The molecule has 0 spiro atoms. The van der Waals surface area contributed by atoms with Crippen LogP contribution in [0.5, 0.6) is 5.75 Å². The Balaban J connectivity index is 1.95. The van der Waals surface area contributed by atoms with Gasteiger partial charge in [-0.05, 0) is 65.7 Å². The van der Waals surface area contributed by atoms with E-state index in [9.17, 15) is 4.79 Å². The maximum Gasteiger partial charge on any atom is 0.280 e. The van der Waals surface area contributed by atoms with Crippen molar-refractivity contribution in [1.29, 1.82) is 0 Å². The van der Waals surface area contributed by atoms with Crippen LogP contribution in [0.1, 0.15) is 19.4 Å². The van der Waals surface area contributed by atoms with E-state index in [0.717, 1.165) is 15.7 Å². The third kappa shape index (κ3) is 3.62. The minimum atomic E-state index is -0.162. The van der Waals surface area contributed by atoms with Crippen LogP contribution in [0.4, 0.5) is 5.69 Å². The van der Waals surface area contributed by atoms with Crippen molar-refractivity contribution in [1.82, 2.24) is 0 Å². The van der Waals surface area contributed by atoms with E-state index in [4.69, 9.17) is 16.3 Å². The molecule has 2 aromatic rings. The van der Waals surface area contributed by atoms with E-state index in [1.165, 1.54) is 5.01 Å². The summed E-state index contributed by atoms with van der Waals surface area (Å²) in [6.07, 6.45) is 1.79. The van der Waals surface area contributed by atoms with E-state index in [2.05, 4.69) is 21.0 Å². The molecule has 2 aromatic carbocycles. The number of ether oxygens (including phenoxy) is 1. The largest absolute Gasteiger partial charge is 0.491 e. The van der Waals surface area contributed by atoms with Gasteiger partial charge in [-0.2, -0.15) is 10.1 Å². The lowest BCUT2D eigenvalue weighted by molar-refractivity contribution is -0.114. The molecule has 6 heteroatoms. The highest BCUT2D eigenvalue weighted by Gasteiger charge is 2.28. The number of para-hydroxylation sites is 1. The molecular formula is C19H16BrClN2O2. The number of hydrogen-bond donors (Lipinski definition) is 0. The molecule has 0 aliphatic carbocycles. The van der Waals surface area contributed by atoms with Crippen molar-refractivity contribution in [2.45, 2.75) is 13.8 Å². The molecule has 0 aromatic heterocycles. The first-order valence-electron chi connectivity index (χ1n) is 7.80. The van der Waals surface area contributed by atoms with Gasteiger partial charge in [0.05, 0.1) is 33.1 Å². The van der Waals surface area contributed by atoms with Crippen LogP contribution >= 0.6 is 27.5 Å². The smallest absolute Gasteiger partial charge is 0.280 e. The predicted molar refractivity (Wildman–Crippen MR) is 105 cm³/mol. The Bertz CT molecular complexity index is 855. The van der Waals surface area contributed by atoms with Gasteiger partial charge in [-0.3, -0.25) is 4.79 Å². The van der Waals surface area contributed by atoms with Gasteiger partial charge in [0.25, 0.3) is 5.91 Å². The van der Waals surface area contributed by atoms with Gasteiger partial charge >= 0.3 is 0 Å². The number of halogens is 2. The number of nitrogens with zero attached hydrogens (tertiary/aromatic N) is 2. The number of hydrogen-bond acceptors (Lipinski definition) is 3. The zero-order valence-electron chi connectivity index (χ0n) is 13.8. The van der Waals surface area contributed by atoms with Gasteiger partial charge in [-0.25, -0.2) is 0 Å². The van der Waals surface area contributed by atoms with Crippen LogP contribution in [0.25, 0.3) is 6.08 Å². The molecule has 1 heterocycles. The van der Waals surface area contributed by atoms with Crippen molar-refractivity contribution >= 4 is 50.9 Å². The summed E-state index contributed by atoms with van der Waals surface area (Å²) in [4.78, 5) is 12.7. The summed E-state index contributed by atoms with van der Waals surface area (Å²) in [5, 5.41) is 6.27. The van der Waals surface area contributed by atoms with E-state index in [1.54, 1.807) is 12.1 Å². The van der Waals surface area contributed by atoms with Crippen LogP contribution < -0.4 is 9.75 Å². The summed E-state index contributed by atoms with van der Waals surface area (Å²) >= 11 is 9.75. The third-order valence-corrected chi connectivity index (χ3v) is 4.55. The number of rotatable bonds is 4. The Labute approximate surface area is 159 Å². The summed E-state index contributed by atoms with van der Waals surface area (Å²) in [5.41, 5.74) is 2.74. The van der Waals surface area contributed by atoms with Gasteiger partial charge in [0.1, 0.15) is 0 Å². The molecule has 0 fully saturated rings. The average Bonchev–Trinajstić information content (AvgIpc) is 2.87. The number of carbonyl (C=O) groups excluding carboxylic acids is 1. The van der Waals surface area contributed by atoms with Gasteiger partial charge in [0.2, 0.25) is 0 Å². The van der Waals surface area contributed by atoms with Crippen molar-refractivity contribution in [3.05, 3.63) is 63.1 Å². The maximum atomic E-state index is 12.7. The van der Waals surface area contributed by atoms with Crippen LogP contribution in [0, 0.1) is 0 Å². The first-order valence-corrected chi connectivity index (χ1v) is 8.97. The average molecular weight is 420 g/mol. The molecule has 0 radical (unpaired) electrons. The summed E-state index contributed by atoms with van der Waals surface area (Å²) < 4.78 is 6.26. The SMILES string of the molecule is CCOc1c(Cl)cc(/C=C2/C(=O)N(c3ccccc3)N=C2C)cc1Br. The van der Waals surface area contributed by atoms with E-state index >= 15 is 0 Å². The van der Waals surface area contributed by atoms with Crippen LogP contribution in [-0.2, 0) is 4.79 Å². The molecule has 0 saturated heterocycles. The lowest BCUT2D eigenvalue weighted by Crippen LogP contribution is -2.21. The Hall–Kier alpha value is -2.11. The van der Waals surface area contributed by atoms with E-state index < -0.39 is 0 Å². The second kappa shape index (κ2) is 7.42. The first kappa shape index (κ1) is 17.7. The second-order valence-electron chi connectivity index (χ2n) is 5.44. The highest BCUT2D eigenvalue weighted by atomic mass is 79.9. The van der Waals surface area contributed by atoms with Gasteiger partial charge in [-0.1, -0.05) is 29.8 Å². The Kier molecular flexibility index (Phi) is 5.25. The monoisotopic (exact) mass is 418 g/mol. The molecule has 128 valence electrons. The number of amides is 1. The van der Waals surface area contributed by atoms with Crippen LogP contribution in [0.15, 0.2) is 57.6 Å². The lowest BCUT2D eigenvalue weighted by Gasteiger charge is -2.11. The highest BCUT2D eigenvalue weighted by Crippen LogP contribution is 2.35. The normalized spacial score (nSPS) is 15.7. The molecule has 0 saturated carbocycles. The van der Waals surface area contributed by atoms with Crippen molar-refractivity contribution in [2.75, 3.05) is 11.6 Å². The predicted octanol–water partition coefficient (Wildman–Crippen LogP) is 5.31. The topological polar surface area (TPSA) is 41.9 Å². The van der Waals surface area contributed by atoms with Crippen LogP contribution in [0.3, 0.4) is 0 Å². The summed E-state index contributed by atoms with van der Waals surface area (Å²) in [6.45, 7) is 4.24.